The number of sulfonamides is 1. The summed E-state index contributed by atoms with van der Waals surface area (Å²) in [5.41, 5.74) is 2.11. The maximum absolute atomic E-state index is 11.2. The van der Waals surface area contributed by atoms with E-state index in [1.54, 1.807) is 12.1 Å². The zero-order valence-electron chi connectivity index (χ0n) is 13.0. The van der Waals surface area contributed by atoms with Crippen molar-refractivity contribution in [2.75, 3.05) is 11.0 Å². The third-order valence-corrected chi connectivity index (χ3v) is 4.08. The minimum atomic E-state index is -3.34. The first kappa shape index (κ1) is 15.7. The average Bonchev–Trinajstić information content (AvgIpc) is 2.47. The lowest BCUT2D eigenvalue weighted by Crippen LogP contribution is -2.11. The van der Waals surface area contributed by atoms with Crippen LogP contribution in [0.2, 0.25) is 0 Å². The van der Waals surface area contributed by atoms with Gasteiger partial charge in [0.15, 0.2) is 0 Å². The molecule has 0 aliphatic heterocycles. The fourth-order valence-corrected chi connectivity index (χ4v) is 3.07. The lowest BCUT2D eigenvalue weighted by Gasteiger charge is -2.18. The Labute approximate surface area is 135 Å². The van der Waals surface area contributed by atoms with Crippen molar-refractivity contribution in [2.45, 2.75) is 32.6 Å². The Balaban J connectivity index is 1.83. The number of ether oxygens (including phenoxy) is 1. The van der Waals surface area contributed by atoms with Crippen LogP contribution in [0.15, 0.2) is 18.3 Å². The van der Waals surface area contributed by atoms with E-state index in [2.05, 4.69) is 19.7 Å². The Morgan fingerprint density at radius 3 is 2.65 bits per heavy atom. The minimum Gasteiger partial charge on any atom is -0.437 e. The largest absolute Gasteiger partial charge is 0.437 e. The van der Waals surface area contributed by atoms with Crippen LogP contribution in [0, 0.1) is 6.92 Å². The molecule has 0 saturated carbocycles. The second kappa shape index (κ2) is 6.11. The Bertz CT molecular complexity index is 819. The van der Waals surface area contributed by atoms with Gasteiger partial charge in [-0.15, -0.1) is 0 Å². The van der Waals surface area contributed by atoms with Gasteiger partial charge in [-0.3, -0.25) is 4.72 Å². The van der Waals surface area contributed by atoms with Crippen molar-refractivity contribution in [3.63, 3.8) is 0 Å². The summed E-state index contributed by atoms with van der Waals surface area (Å²) in [5, 5.41) is 0. The van der Waals surface area contributed by atoms with Crippen LogP contribution in [0.5, 0.6) is 11.6 Å². The highest BCUT2D eigenvalue weighted by Crippen LogP contribution is 2.30. The molecule has 2 aromatic heterocycles. The van der Waals surface area contributed by atoms with Gasteiger partial charge < -0.3 is 4.74 Å². The summed E-state index contributed by atoms with van der Waals surface area (Å²) in [5.74, 6) is 2.01. The van der Waals surface area contributed by atoms with Crippen molar-refractivity contribution >= 4 is 15.8 Å². The van der Waals surface area contributed by atoms with Crippen molar-refractivity contribution in [1.82, 2.24) is 15.0 Å². The number of pyridine rings is 1. The summed E-state index contributed by atoms with van der Waals surface area (Å²) in [6.07, 6.45) is 6.65. The van der Waals surface area contributed by atoms with E-state index in [1.165, 1.54) is 6.20 Å². The molecule has 2 heterocycles. The number of fused-ring (bicyclic) bond motifs is 1. The number of rotatable bonds is 4. The zero-order valence-corrected chi connectivity index (χ0v) is 13.9. The molecule has 2 aromatic rings. The fraction of sp³-hybridized carbons (Fsp3) is 0.400. The first-order chi connectivity index (χ1) is 10.9. The van der Waals surface area contributed by atoms with Crippen molar-refractivity contribution in [3.05, 3.63) is 35.4 Å². The van der Waals surface area contributed by atoms with Gasteiger partial charge in [0, 0.05) is 5.56 Å². The van der Waals surface area contributed by atoms with Crippen LogP contribution in [0.3, 0.4) is 0 Å². The van der Waals surface area contributed by atoms with Crippen LogP contribution in [0.4, 0.5) is 5.82 Å². The SMILES string of the molecule is Cc1nc2c(c(Oc3ccc(NS(C)(=O)=O)nc3)n1)CCCC2. The quantitative estimate of drug-likeness (QED) is 0.921. The van der Waals surface area contributed by atoms with Crippen LogP contribution in [-0.2, 0) is 22.9 Å². The molecular formula is C15H18N4O3S. The van der Waals surface area contributed by atoms with Crippen molar-refractivity contribution < 1.29 is 13.2 Å². The van der Waals surface area contributed by atoms with E-state index in [-0.39, 0.29) is 5.82 Å². The molecular weight excluding hydrogens is 316 g/mol. The molecule has 0 saturated heterocycles. The van der Waals surface area contributed by atoms with Gasteiger partial charge in [-0.05, 0) is 44.7 Å². The van der Waals surface area contributed by atoms with E-state index < -0.39 is 10.0 Å². The number of hydrogen-bond donors (Lipinski definition) is 1. The first-order valence-corrected chi connectivity index (χ1v) is 9.28. The van der Waals surface area contributed by atoms with Gasteiger partial charge in [-0.2, -0.15) is 4.98 Å². The minimum absolute atomic E-state index is 0.251. The highest BCUT2D eigenvalue weighted by Gasteiger charge is 2.18. The third-order valence-electron chi connectivity index (χ3n) is 3.50. The van der Waals surface area contributed by atoms with Gasteiger partial charge in [0.1, 0.15) is 17.4 Å². The first-order valence-electron chi connectivity index (χ1n) is 7.39. The van der Waals surface area contributed by atoms with E-state index in [9.17, 15) is 8.42 Å². The van der Waals surface area contributed by atoms with Crippen molar-refractivity contribution in [2.24, 2.45) is 0 Å². The summed E-state index contributed by atoms with van der Waals surface area (Å²) in [6, 6.07) is 3.21. The molecule has 0 bridgehead atoms. The monoisotopic (exact) mass is 334 g/mol. The Kier molecular flexibility index (Phi) is 4.16. The van der Waals surface area contributed by atoms with Crippen LogP contribution in [-0.4, -0.2) is 29.6 Å². The predicted molar refractivity (Wildman–Crippen MR) is 86.2 cm³/mol. The highest BCUT2D eigenvalue weighted by atomic mass is 32.2. The summed E-state index contributed by atoms with van der Waals surface area (Å²) >= 11 is 0. The van der Waals surface area contributed by atoms with Crippen molar-refractivity contribution in [1.29, 1.82) is 0 Å². The zero-order chi connectivity index (χ0) is 16.4. The standard InChI is InChI=1S/C15H18N4O3S/c1-10-17-13-6-4-3-5-12(13)15(18-10)22-11-7-8-14(16-9-11)19-23(2,20)21/h7-9H,3-6H2,1-2H3,(H,16,19). The van der Waals surface area contributed by atoms with Gasteiger partial charge in [-0.25, -0.2) is 18.4 Å². The molecule has 122 valence electrons. The van der Waals surface area contributed by atoms with Gasteiger partial charge in [0.25, 0.3) is 0 Å². The van der Waals surface area contributed by atoms with Crippen LogP contribution < -0.4 is 9.46 Å². The molecule has 1 aliphatic carbocycles. The Morgan fingerprint density at radius 1 is 1.17 bits per heavy atom. The third kappa shape index (κ3) is 3.95. The number of nitrogens with one attached hydrogen (secondary N) is 1. The molecule has 8 heteroatoms. The highest BCUT2D eigenvalue weighted by molar-refractivity contribution is 7.92. The Morgan fingerprint density at radius 2 is 1.96 bits per heavy atom. The molecule has 0 fully saturated rings. The summed E-state index contributed by atoms with van der Waals surface area (Å²) < 4.78 is 30.5. The van der Waals surface area contributed by atoms with Crippen LogP contribution >= 0.6 is 0 Å². The topological polar surface area (TPSA) is 94.1 Å². The molecule has 0 radical (unpaired) electrons. The molecule has 0 amide bonds. The molecule has 23 heavy (non-hydrogen) atoms. The smallest absolute Gasteiger partial charge is 0.230 e. The number of anilines is 1. The molecule has 0 aromatic carbocycles. The van der Waals surface area contributed by atoms with E-state index in [4.69, 9.17) is 4.74 Å². The predicted octanol–water partition coefficient (Wildman–Crippen LogP) is 2.22. The number of nitrogens with zero attached hydrogens (tertiary/aromatic N) is 3. The van der Waals surface area contributed by atoms with E-state index in [0.29, 0.717) is 17.5 Å². The molecule has 0 spiro atoms. The molecule has 1 aliphatic rings. The summed E-state index contributed by atoms with van der Waals surface area (Å²) in [7, 11) is -3.34. The number of aromatic nitrogens is 3. The Hall–Kier alpha value is -2.22. The van der Waals surface area contributed by atoms with Gasteiger partial charge >= 0.3 is 0 Å². The summed E-state index contributed by atoms with van der Waals surface area (Å²) in [6.45, 7) is 1.85. The molecule has 1 N–H and O–H groups in total. The van der Waals surface area contributed by atoms with E-state index >= 15 is 0 Å². The maximum Gasteiger partial charge on any atom is 0.230 e. The molecule has 0 atom stereocenters. The second-order valence-corrected chi connectivity index (χ2v) is 7.31. The number of aryl methyl sites for hydroxylation is 2. The molecule has 3 rings (SSSR count). The fourth-order valence-electron chi connectivity index (χ4n) is 2.56. The number of hydrogen-bond acceptors (Lipinski definition) is 6. The second-order valence-electron chi connectivity index (χ2n) is 5.56. The molecule has 0 unspecified atom stereocenters. The lowest BCUT2D eigenvalue weighted by atomic mass is 9.97. The molecule has 7 nitrogen and oxygen atoms in total. The van der Waals surface area contributed by atoms with Crippen LogP contribution in [0.25, 0.3) is 0 Å². The van der Waals surface area contributed by atoms with Gasteiger partial charge in [0.05, 0.1) is 18.1 Å². The van der Waals surface area contributed by atoms with E-state index in [1.807, 2.05) is 6.92 Å². The van der Waals surface area contributed by atoms with Gasteiger partial charge in [0.2, 0.25) is 15.9 Å². The normalized spacial score (nSPS) is 14.2. The summed E-state index contributed by atoms with van der Waals surface area (Å²) in [4.78, 5) is 12.9. The lowest BCUT2D eigenvalue weighted by molar-refractivity contribution is 0.443. The maximum atomic E-state index is 11.2. The van der Waals surface area contributed by atoms with Crippen LogP contribution in [0.1, 0.15) is 29.9 Å². The van der Waals surface area contributed by atoms with Gasteiger partial charge in [-0.1, -0.05) is 0 Å². The van der Waals surface area contributed by atoms with Crippen molar-refractivity contribution in [3.8, 4) is 11.6 Å². The average molecular weight is 334 g/mol. The van der Waals surface area contributed by atoms with E-state index in [0.717, 1.165) is 43.2 Å².